The second kappa shape index (κ2) is 8.82. The van der Waals surface area contributed by atoms with Gasteiger partial charge in [0.05, 0.1) is 32.0 Å². The van der Waals surface area contributed by atoms with Crippen molar-refractivity contribution in [3.63, 3.8) is 0 Å². The summed E-state index contributed by atoms with van der Waals surface area (Å²) in [5, 5.41) is 75.4. The molecule has 9 heteroatoms. The molecule has 0 bridgehead atoms. The highest BCUT2D eigenvalue weighted by Crippen LogP contribution is 2.29. The lowest BCUT2D eigenvalue weighted by molar-refractivity contribution is -0.207. The lowest BCUT2D eigenvalue weighted by Crippen LogP contribution is -2.68. The van der Waals surface area contributed by atoms with Crippen LogP contribution in [0.2, 0.25) is 0 Å². The number of rotatable bonds is 5. The van der Waals surface area contributed by atoms with E-state index in [9.17, 15) is 20.4 Å². The van der Waals surface area contributed by atoms with Gasteiger partial charge in [-0.1, -0.05) is 0 Å². The molecular weight excluding hydrogens is 274 g/mol. The molecule has 0 radical (unpaired) electrons. The van der Waals surface area contributed by atoms with Gasteiger partial charge in [-0.3, -0.25) is 0 Å². The minimum atomic E-state index is -1.94. The van der Waals surface area contributed by atoms with Crippen LogP contribution < -0.4 is 5.32 Å². The third-order valence-corrected chi connectivity index (χ3v) is 3.37. The van der Waals surface area contributed by atoms with Gasteiger partial charge < -0.3 is 46.2 Å². The molecule has 0 amide bonds. The number of hydrogen-bond donors (Lipinski definition) is 9. The summed E-state index contributed by atoms with van der Waals surface area (Å²) in [6.07, 6.45) is -4.91. The highest BCUT2D eigenvalue weighted by molar-refractivity contribution is 5.05. The molecule has 0 aromatic rings. The fourth-order valence-electron chi connectivity index (χ4n) is 2.15. The molecule has 0 unspecified atom stereocenters. The summed E-state index contributed by atoms with van der Waals surface area (Å²) in [5.41, 5.74) is -1.94. The Hall–Kier alpha value is -0.360. The second-order valence-corrected chi connectivity index (χ2v) is 4.73. The Bertz CT molecular complexity index is 265. The lowest BCUT2D eigenvalue weighted by Gasteiger charge is -2.46. The summed E-state index contributed by atoms with van der Waals surface area (Å²) in [6, 6.07) is -1.60. The second-order valence-electron chi connectivity index (χ2n) is 4.73. The SMILES string of the molecule is CO.OCC(CO)N[C@H]1C[C@](O)(CO)[C@@H](O)[C@H](O)[C@H]1O. The number of aliphatic hydroxyl groups is 8. The fraction of sp³-hybridized carbons (Fsp3) is 1.00. The van der Waals surface area contributed by atoms with E-state index in [-0.39, 0.29) is 6.42 Å². The molecule has 1 rings (SSSR count). The van der Waals surface area contributed by atoms with Crippen LogP contribution >= 0.6 is 0 Å². The molecule has 122 valence electrons. The molecule has 20 heavy (non-hydrogen) atoms. The van der Waals surface area contributed by atoms with E-state index in [2.05, 4.69) is 5.32 Å². The third kappa shape index (κ3) is 4.32. The maximum atomic E-state index is 9.93. The highest BCUT2D eigenvalue weighted by atomic mass is 16.4. The average molecular weight is 299 g/mol. The molecule has 9 N–H and O–H groups in total. The summed E-state index contributed by atoms with van der Waals surface area (Å²) < 4.78 is 0. The number of hydrogen-bond acceptors (Lipinski definition) is 9. The van der Waals surface area contributed by atoms with Crippen molar-refractivity contribution >= 4 is 0 Å². The molecule has 0 aromatic heterocycles. The van der Waals surface area contributed by atoms with Gasteiger partial charge in [0.2, 0.25) is 0 Å². The molecule has 9 nitrogen and oxygen atoms in total. The Morgan fingerprint density at radius 1 is 1.05 bits per heavy atom. The summed E-state index contributed by atoms with van der Waals surface area (Å²) in [5.74, 6) is 0. The molecule has 0 saturated heterocycles. The smallest absolute Gasteiger partial charge is 0.118 e. The van der Waals surface area contributed by atoms with Crippen molar-refractivity contribution in [3.05, 3.63) is 0 Å². The zero-order chi connectivity index (χ0) is 15.9. The Kier molecular flexibility index (Phi) is 8.66. The Morgan fingerprint density at radius 2 is 1.55 bits per heavy atom. The molecule has 0 spiro atoms. The predicted octanol–water partition coefficient (Wildman–Crippen LogP) is -4.88. The lowest BCUT2D eigenvalue weighted by atomic mass is 9.76. The molecule has 0 aliphatic heterocycles. The van der Waals surface area contributed by atoms with E-state index in [0.717, 1.165) is 7.11 Å². The number of nitrogens with one attached hydrogen (secondary N) is 1. The predicted molar refractivity (Wildman–Crippen MR) is 67.7 cm³/mol. The zero-order valence-corrected chi connectivity index (χ0v) is 11.3. The average Bonchev–Trinajstić information content (AvgIpc) is 2.49. The maximum Gasteiger partial charge on any atom is 0.118 e. The van der Waals surface area contributed by atoms with Gasteiger partial charge in [0.1, 0.15) is 17.8 Å². The standard InChI is InChI=1S/C10H21NO7.CH4O/c12-2-5(3-13)11-6-1-10(18,4-14)9(17)8(16)7(6)15;1-2/h5-9,11-18H,1-4H2;2H,1H3/t6-,7-,8+,9-,10-;/m0./s1. The van der Waals surface area contributed by atoms with Gasteiger partial charge in [-0.15, -0.1) is 0 Å². The summed E-state index contributed by atoms with van der Waals surface area (Å²) >= 11 is 0. The molecule has 1 aliphatic rings. The highest BCUT2D eigenvalue weighted by Gasteiger charge is 2.51. The van der Waals surface area contributed by atoms with E-state index in [1.165, 1.54) is 0 Å². The van der Waals surface area contributed by atoms with Crippen molar-refractivity contribution in [2.24, 2.45) is 0 Å². The molecular formula is C11H25NO8. The largest absolute Gasteiger partial charge is 0.400 e. The Labute approximate surface area is 116 Å². The van der Waals surface area contributed by atoms with E-state index in [1.807, 2.05) is 0 Å². The van der Waals surface area contributed by atoms with Crippen molar-refractivity contribution in [3.8, 4) is 0 Å². The molecule has 1 saturated carbocycles. The van der Waals surface area contributed by atoms with Crippen LogP contribution in [0, 0.1) is 0 Å². The van der Waals surface area contributed by atoms with Gasteiger partial charge in [0, 0.05) is 13.2 Å². The quantitative estimate of drug-likeness (QED) is 0.241. The monoisotopic (exact) mass is 299 g/mol. The molecule has 0 aromatic carbocycles. The van der Waals surface area contributed by atoms with Crippen molar-refractivity contribution in [1.82, 2.24) is 5.32 Å². The summed E-state index contributed by atoms with van der Waals surface area (Å²) in [7, 11) is 1.00. The zero-order valence-electron chi connectivity index (χ0n) is 11.3. The van der Waals surface area contributed by atoms with Crippen LogP contribution in [0.4, 0.5) is 0 Å². The third-order valence-electron chi connectivity index (χ3n) is 3.37. The van der Waals surface area contributed by atoms with Crippen LogP contribution in [-0.4, -0.2) is 104 Å². The van der Waals surface area contributed by atoms with E-state index >= 15 is 0 Å². The fourth-order valence-corrected chi connectivity index (χ4v) is 2.15. The van der Waals surface area contributed by atoms with Crippen molar-refractivity contribution in [2.45, 2.75) is 42.4 Å². The first-order valence-corrected chi connectivity index (χ1v) is 6.19. The Morgan fingerprint density at radius 3 is 1.95 bits per heavy atom. The van der Waals surface area contributed by atoms with Gasteiger partial charge >= 0.3 is 0 Å². The minimum Gasteiger partial charge on any atom is -0.400 e. The van der Waals surface area contributed by atoms with E-state index in [4.69, 9.17) is 20.4 Å². The van der Waals surface area contributed by atoms with Crippen molar-refractivity contribution in [1.29, 1.82) is 0 Å². The van der Waals surface area contributed by atoms with E-state index in [1.54, 1.807) is 0 Å². The number of aliphatic hydroxyl groups excluding tert-OH is 7. The van der Waals surface area contributed by atoms with Gasteiger partial charge in [0.15, 0.2) is 0 Å². The van der Waals surface area contributed by atoms with Crippen LogP contribution in [0.1, 0.15) is 6.42 Å². The minimum absolute atomic E-state index is 0.223. The van der Waals surface area contributed by atoms with Crippen molar-refractivity contribution < 1.29 is 40.9 Å². The maximum absolute atomic E-state index is 9.93. The molecule has 5 atom stereocenters. The Balaban J connectivity index is 0.00000172. The molecule has 1 aliphatic carbocycles. The van der Waals surface area contributed by atoms with Crippen LogP contribution in [0.25, 0.3) is 0 Å². The first-order chi connectivity index (χ1) is 9.39. The van der Waals surface area contributed by atoms with Crippen molar-refractivity contribution in [2.75, 3.05) is 26.9 Å². The van der Waals surface area contributed by atoms with E-state index < -0.39 is 55.8 Å². The van der Waals surface area contributed by atoms with Crippen LogP contribution in [0.15, 0.2) is 0 Å². The summed E-state index contributed by atoms with van der Waals surface area (Å²) in [6.45, 7) is -1.56. The van der Waals surface area contributed by atoms with Crippen LogP contribution in [0.3, 0.4) is 0 Å². The van der Waals surface area contributed by atoms with E-state index in [0.29, 0.717) is 0 Å². The van der Waals surface area contributed by atoms with Crippen LogP contribution in [0.5, 0.6) is 0 Å². The first kappa shape index (κ1) is 19.6. The van der Waals surface area contributed by atoms with Gasteiger partial charge in [-0.05, 0) is 6.42 Å². The first-order valence-electron chi connectivity index (χ1n) is 6.19. The van der Waals surface area contributed by atoms with Gasteiger partial charge in [-0.2, -0.15) is 0 Å². The normalized spacial score (nSPS) is 37.5. The molecule has 1 fully saturated rings. The van der Waals surface area contributed by atoms with Gasteiger partial charge in [0.25, 0.3) is 0 Å². The molecule has 0 heterocycles. The summed E-state index contributed by atoms with van der Waals surface area (Å²) in [4.78, 5) is 0. The topological polar surface area (TPSA) is 174 Å². The van der Waals surface area contributed by atoms with Crippen LogP contribution in [-0.2, 0) is 0 Å². The van der Waals surface area contributed by atoms with Gasteiger partial charge in [-0.25, -0.2) is 0 Å².